The molecule has 1 N–H and O–H groups in total. The highest BCUT2D eigenvalue weighted by Crippen LogP contribution is 2.30. The molecule has 2 atom stereocenters. The number of rotatable bonds is 5. The molecule has 0 spiro atoms. The molecule has 1 aromatic heterocycles. The van der Waals surface area contributed by atoms with E-state index in [-0.39, 0.29) is 18.1 Å². The van der Waals surface area contributed by atoms with Crippen LogP contribution in [0.3, 0.4) is 0 Å². The van der Waals surface area contributed by atoms with E-state index < -0.39 is 0 Å². The molecule has 0 radical (unpaired) electrons. The lowest BCUT2D eigenvalue weighted by atomic mass is 10.2. The molecule has 0 amide bonds. The summed E-state index contributed by atoms with van der Waals surface area (Å²) in [6.45, 7) is 0.501. The smallest absolute Gasteiger partial charge is 0.214 e. The lowest BCUT2D eigenvalue weighted by Gasteiger charge is -2.11. The molecular weight excluding hydrogens is 376 g/mol. The van der Waals surface area contributed by atoms with Crippen molar-refractivity contribution in [1.29, 1.82) is 0 Å². The summed E-state index contributed by atoms with van der Waals surface area (Å²) in [5, 5.41) is 22.5. The fourth-order valence-electron chi connectivity index (χ4n) is 2.52. The number of phenols is 1. The first kappa shape index (κ1) is 17.3. The van der Waals surface area contributed by atoms with E-state index in [0.717, 1.165) is 11.3 Å². The van der Waals surface area contributed by atoms with E-state index >= 15 is 0 Å². The number of thioether (sulfide) groups is 1. The summed E-state index contributed by atoms with van der Waals surface area (Å²) in [6, 6.07) is 14.1. The van der Waals surface area contributed by atoms with Gasteiger partial charge in [-0.15, -0.1) is 5.10 Å². The summed E-state index contributed by atoms with van der Waals surface area (Å²) < 4.78 is 13.3. The predicted molar refractivity (Wildman–Crippen MR) is 96.6 cm³/mol. The maximum absolute atomic E-state index is 9.40. The van der Waals surface area contributed by atoms with Crippen LogP contribution in [0.2, 0.25) is 5.02 Å². The van der Waals surface area contributed by atoms with Crippen molar-refractivity contribution in [3.05, 3.63) is 59.1 Å². The third-order valence-corrected chi connectivity index (χ3v) is 5.13. The second-order valence-electron chi connectivity index (χ2n) is 5.68. The van der Waals surface area contributed by atoms with E-state index in [1.54, 1.807) is 28.9 Å². The molecule has 0 bridgehead atoms. The quantitative estimate of drug-likeness (QED) is 0.669. The van der Waals surface area contributed by atoms with Crippen molar-refractivity contribution in [2.75, 3.05) is 12.4 Å². The maximum atomic E-state index is 9.40. The molecule has 134 valence electrons. The van der Waals surface area contributed by atoms with Gasteiger partial charge in [0, 0.05) is 16.3 Å². The van der Waals surface area contributed by atoms with Crippen molar-refractivity contribution < 1.29 is 14.6 Å². The zero-order valence-electron chi connectivity index (χ0n) is 13.5. The summed E-state index contributed by atoms with van der Waals surface area (Å²) in [5.74, 6) is 0.850. The number of phenolic OH excluding ortho intramolecular Hbond substituents is 1. The maximum Gasteiger partial charge on any atom is 0.214 e. The molecule has 4 rings (SSSR count). The standard InChI is InChI=1S/C17H15ClN4O3S/c18-12-3-1-11(2-4-12)16-24-9-15(25-16)10-26-17-19-20-21-22(17)13-5-7-14(23)8-6-13/h1-8,15-16,23H,9-10H2/t15-,16-/m0/s1. The molecule has 3 aromatic rings. The van der Waals surface area contributed by atoms with Crippen LogP contribution in [0.25, 0.3) is 5.69 Å². The molecule has 1 aliphatic heterocycles. The summed E-state index contributed by atoms with van der Waals surface area (Å²) in [6.07, 6.45) is -0.448. The van der Waals surface area contributed by atoms with Crippen molar-refractivity contribution in [2.24, 2.45) is 0 Å². The van der Waals surface area contributed by atoms with Gasteiger partial charge in [0.25, 0.3) is 0 Å². The number of hydrogen-bond donors (Lipinski definition) is 1. The van der Waals surface area contributed by atoms with Crippen molar-refractivity contribution in [2.45, 2.75) is 17.6 Å². The largest absolute Gasteiger partial charge is 0.508 e. The molecule has 1 saturated heterocycles. The highest BCUT2D eigenvalue weighted by Gasteiger charge is 2.28. The van der Waals surface area contributed by atoms with Crippen LogP contribution in [-0.2, 0) is 9.47 Å². The summed E-state index contributed by atoms with van der Waals surface area (Å²) in [7, 11) is 0. The number of hydrogen-bond acceptors (Lipinski definition) is 7. The Labute approximate surface area is 158 Å². The zero-order chi connectivity index (χ0) is 17.9. The van der Waals surface area contributed by atoms with Gasteiger partial charge in [0.1, 0.15) is 5.75 Å². The van der Waals surface area contributed by atoms with Crippen LogP contribution in [0.4, 0.5) is 0 Å². The van der Waals surface area contributed by atoms with Crippen molar-refractivity contribution in [3.8, 4) is 11.4 Å². The molecule has 2 heterocycles. The number of halogens is 1. The van der Waals surface area contributed by atoms with Crippen LogP contribution >= 0.6 is 23.4 Å². The van der Waals surface area contributed by atoms with Crippen LogP contribution in [0.15, 0.2) is 53.7 Å². The molecule has 26 heavy (non-hydrogen) atoms. The van der Waals surface area contributed by atoms with Crippen LogP contribution in [-0.4, -0.2) is 43.8 Å². The Kier molecular flexibility index (Phi) is 5.07. The second kappa shape index (κ2) is 7.63. The Morgan fingerprint density at radius 1 is 1.15 bits per heavy atom. The highest BCUT2D eigenvalue weighted by molar-refractivity contribution is 7.99. The molecule has 7 nitrogen and oxygen atoms in total. The van der Waals surface area contributed by atoms with Gasteiger partial charge in [-0.1, -0.05) is 35.5 Å². The van der Waals surface area contributed by atoms with Crippen molar-refractivity contribution in [1.82, 2.24) is 20.2 Å². The van der Waals surface area contributed by atoms with E-state index in [0.29, 0.717) is 22.5 Å². The highest BCUT2D eigenvalue weighted by atomic mass is 35.5. The van der Waals surface area contributed by atoms with Gasteiger partial charge < -0.3 is 14.6 Å². The Hall–Kier alpha value is -2.13. The SMILES string of the molecule is Oc1ccc(-n2nnnc2SC[C@@H]2CO[C@H](c3ccc(Cl)cc3)O2)cc1. The first-order valence-electron chi connectivity index (χ1n) is 7.92. The fraction of sp³-hybridized carbons (Fsp3) is 0.235. The number of ether oxygens (including phenoxy) is 2. The molecule has 0 unspecified atom stereocenters. The van der Waals surface area contributed by atoms with Crippen LogP contribution < -0.4 is 0 Å². The Morgan fingerprint density at radius 2 is 1.92 bits per heavy atom. The lowest BCUT2D eigenvalue weighted by molar-refractivity contribution is -0.0565. The van der Waals surface area contributed by atoms with Gasteiger partial charge in [-0.05, 0) is 46.8 Å². The zero-order valence-corrected chi connectivity index (χ0v) is 15.1. The average molecular weight is 391 g/mol. The molecule has 2 aromatic carbocycles. The third kappa shape index (κ3) is 3.83. The number of aromatic hydroxyl groups is 1. The van der Waals surface area contributed by atoms with Gasteiger partial charge in [0.15, 0.2) is 6.29 Å². The summed E-state index contributed by atoms with van der Waals surface area (Å²) >= 11 is 7.40. The van der Waals surface area contributed by atoms with Gasteiger partial charge >= 0.3 is 0 Å². The monoisotopic (exact) mass is 390 g/mol. The van der Waals surface area contributed by atoms with Gasteiger partial charge in [-0.25, -0.2) is 0 Å². The fourth-order valence-corrected chi connectivity index (χ4v) is 3.52. The van der Waals surface area contributed by atoms with Gasteiger partial charge in [-0.3, -0.25) is 0 Å². The van der Waals surface area contributed by atoms with Crippen LogP contribution in [0, 0.1) is 0 Å². The van der Waals surface area contributed by atoms with Crippen molar-refractivity contribution >= 4 is 23.4 Å². The molecule has 1 aliphatic rings. The number of nitrogens with zero attached hydrogens (tertiary/aromatic N) is 4. The van der Waals surface area contributed by atoms with Gasteiger partial charge in [0.2, 0.25) is 5.16 Å². The second-order valence-corrected chi connectivity index (χ2v) is 7.10. The molecule has 9 heteroatoms. The Bertz CT molecular complexity index is 872. The van der Waals surface area contributed by atoms with E-state index in [9.17, 15) is 5.11 Å². The minimum Gasteiger partial charge on any atom is -0.508 e. The predicted octanol–water partition coefficient (Wildman–Crippen LogP) is 3.23. The minimum atomic E-state index is -0.383. The topological polar surface area (TPSA) is 82.3 Å². The number of aromatic nitrogens is 4. The lowest BCUT2D eigenvalue weighted by Crippen LogP contribution is -2.13. The molecule has 0 aliphatic carbocycles. The van der Waals surface area contributed by atoms with Gasteiger partial charge in [-0.2, -0.15) is 4.68 Å². The van der Waals surface area contributed by atoms with E-state index in [1.165, 1.54) is 11.8 Å². The van der Waals surface area contributed by atoms with Gasteiger partial charge in [0.05, 0.1) is 18.4 Å². The normalized spacial score (nSPS) is 19.7. The Balaban J connectivity index is 1.37. The van der Waals surface area contributed by atoms with E-state index in [1.807, 2.05) is 24.3 Å². The summed E-state index contributed by atoms with van der Waals surface area (Å²) in [4.78, 5) is 0. The minimum absolute atomic E-state index is 0.0642. The number of benzene rings is 2. The average Bonchev–Trinajstić information content (AvgIpc) is 3.30. The molecule has 1 fully saturated rings. The van der Waals surface area contributed by atoms with Crippen molar-refractivity contribution in [3.63, 3.8) is 0 Å². The number of tetrazole rings is 1. The third-order valence-electron chi connectivity index (χ3n) is 3.83. The first-order chi connectivity index (χ1) is 12.7. The van der Waals surface area contributed by atoms with Crippen LogP contribution in [0.1, 0.15) is 11.9 Å². The molecular formula is C17H15ClN4O3S. The molecule has 0 saturated carbocycles. The Morgan fingerprint density at radius 3 is 2.69 bits per heavy atom. The summed E-state index contributed by atoms with van der Waals surface area (Å²) in [5.41, 5.74) is 1.72. The van der Waals surface area contributed by atoms with E-state index in [4.69, 9.17) is 21.1 Å². The van der Waals surface area contributed by atoms with E-state index in [2.05, 4.69) is 15.5 Å². The van der Waals surface area contributed by atoms with Crippen LogP contribution in [0.5, 0.6) is 5.75 Å². The first-order valence-corrected chi connectivity index (χ1v) is 9.28.